The van der Waals surface area contributed by atoms with E-state index in [1.165, 1.54) is 6.07 Å². The van der Waals surface area contributed by atoms with E-state index in [0.29, 0.717) is 10.5 Å². The van der Waals surface area contributed by atoms with Gasteiger partial charge in [-0.1, -0.05) is 31.9 Å². The number of benzene rings is 2. The van der Waals surface area contributed by atoms with Crippen LogP contribution < -0.4 is 4.72 Å². The Kier molecular flexibility index (Phi) is 5.07. The Bertz CT molecular complexity index is 854. The summed E-state index contributed by atoms with van der Waals surface area (Å²) >= 11 is 5.85. The van der Waals surface area contributed by atoms with Crippen molar-refractivity contribution >= 4 is 47.6 Å². The molecule has 0 aliphatic rings. The van der Waals surface area contributed by atoms with Gasteiger partial charge in [-0.3, -0.25) is 4.72 Å². The number of anilines is 1. The summed E-state index contributed by atoms with van der Waals surface area (Å²) in [6.45, 7) is 0. The molecule has 0 saturated carbocycles. The van der Waals surface area contributed by atoms with Crippen molar-refractivity contribution in [3.63, 3.8) is 0 Å². The van der Waals surface area contributed by atoms with Gasteiger partial charge in [0.05, 0.1) is 16.1 Å². The van der Waals surface area contributed by atoms with Gasteiger partial charge in [-0.25, -0.2) is 12.8 Å². The molecule has 0 radical (unpaired) electrons. The second-order valence-electron chi connectivity index (χ2n) is 4.40. The summed E-state index contributed by atoms with van der Waals surface area (Å²) in [5, 5.41) is 0. The van der Waals surface area contributed by atoms with E-state index >= 15 is 0 Å². The molecule has 0 fully saturated rings. The first-order valence-corrected chi connectivity index (χ1v) is 8.91. The van der Waals surface area contributed by atoms with Crippen LogP contribution >= 0.6 is 31.9 Å². The summed E-state index contributed by atoms with van der Waals surface area (Å²) in [5.74, 6) is -0.867. The third-order valence-electron chi connectivity index (χ3n) is 2.68. The number of alkyl halides is 3. The van der Waals surface area contributed by atoms with Crippen LogP contribution in [0.1, 0.15) is 5.56 Å². The largest absolute Gasteiger partial charge is 0.416 e. The van der Waals surface area contributed by atoms with E-state index in [1.54, 1.807) is 0 Å². The number of nitrogens with one attached hydrogen (secondary N) is 1. The highest BCUT2D eigenvalue weighted by Crippen LogP contribution is 2.33. The smallest absolute Gasteiger partial charge is 0.277 e. The van der Waals surface area contributed by atoms with Crippen molar-refractivity contribution in [2.75, 3.05) is 4.72 Å². The van der Waals surface area contributed by atoms with E-state index in [0.717, 1.165) is 24.3 Å². The molecule has 23 heavy (non-hydrogen) atoms. The lowest BCUT2D eigenvalue weighted by Crippen LogP contribution is -2.15. The molecule has 0 heterocycles. The first-order valence-electron chi connectivity index (χ1n) is 5.85. The van der Waals surface area contributed by atoms with Crippen LogP contribution in [0.3, 0.4) is 0 Å². The van der Waals surface area contributed by atoms with Crippen molar-refractivity contribution in [3.8, 4) is 0 Å². The second-order valence-corrected chi connectivity index (χ2v) is 7.92. The summed E-state index contributed by atoms with van der Waals surface area (Å²) in [5.41, 5.74) is -1.51. The van der Waals surface area contributed by atoms with Crippen LogP contribution in [0.5, 0.6) is 0 Å². The van der Waals surface area contributed by atoms with E-state index in [-0.39, 0.29) is 10.2 Å². The Hall–Kier alpha value is -1.13. The lowest BCUT2D eigenvalue weighted by Gasteiger charge is -2.12. The Morgan fingerprint density at radius 2 is 1.61 bits per heavy atom. The van der Waals surface area contributed by atoms with E-state index in [9.17, 15) is 26.0 Å². The number of hydrogen-bond acceptors (Lipinski definition) is 2. The summed E-state index contributed by atoms with van der Waals surface area (Å²) in [6.07, 6.45) is -4.71. The van der Waals surface area contributed by atoms with Crippen molar-refractivity contribution < 1.29 is 26.0 Å². The Labute approximate surface area is 146 Å². The van der Waals surface area contributed by atoms with Crippen molar-refractivity contribution in [2.24, 2.45) is 0 Å². The molecule has 0 unspecified atom stereocenters. The van der Waals surface area contributed by atoms with E-state index in [1.807, 2.05) is 4.72 Å². The monoisotopic (exact) mass is 475 g/mol. The quantitative estimate of drug-likeness (QED) is 0.621. The lowest BCUT2D eigenvalue weighted by molar-refractivity contribution is -0.137. The van der Waals surface area contributed by atoms with Crippen LogP contribution in [0, 0.1) is 5.82 Å². The van der Waals surface area contributed by atoms with E-state index in [4.69, 9.17) is 0 Å². The van der Waals surface area contributed by atoms with Gasteiger partial charge in [0.15, 0.2) is 0 Å². The van der Waals surface area contributed by atoms with Crippen molar-refractivity contribution in [1.82, 2.24) is 0 Å². The zero-order chi connectivity index (χ0) is 17.4. The van der Waals surface area contributed by atoms with Crippen LogP contribution in [0.4, 0.5) is 23.2 Å². The average molecular weight is 477 g/mol. The highest BCUT2D eigenvalue weighted by molar-refractivity contribution is 9.10. The zero-order valence-electron chi connectivity index (χ0n) is 11.0. The predicted molar refractivity (Wildman–Crippen MR) is 84.1 cm³/mol. The summed E-state index contributed by atoms with van der Waals surface area (Å²) in [4.78, 5) is -0.637. The Balaban J connectivity index is 2.46. The van der Waals surface area contributed by atoms with Crippen LogP contribution in [0.2, 0.25) is 0 Å². The second kappa shape index (κ2) is 6.40. The first-order chi connectivity index (χ1) is 10.5. The third-order valence-corrected chi connectivity index (χ3v) is 4.98. The van der Waals surface area contributed by atoms with Crippen molar-refractivity contribution in [2.45, 2.75) is 11.1 Å². The van der Waals surface area contributed by atoms with Crippen molar-refractivity contribution in [1.29, 1.82) is 0 Å². The number of rotatable bonds is 3. The summed E-state index contributed by atoms with van der Waals surface area (Å²) < 4.78 is 78.6. The van der Waals surface area contributed by atoms with Gasteiger partial charge < -0.3 is 0 Å². The standard InChI is InChI=1S/C13H7Br2F4NO2S/c14-8-1-2-12(11(16)6-8)20-23(21,22)10-4-7(13(17,18)19)3-9(15)5-10/h1-6,20H. The van der Waals surface area contributed by atoms with Gasteiger partial charge in [0, 0.05) is 8.95 Å². The molecule has 124 valence electrons. The van der Waals surface area contributed by atoms with E-state index < -0.39 is 32.5 Å². The molecule has 1 N–H and O–H groups in total. The maximum absolute atomic E-state index is 13.7. The van der Waals surface area contributed by atoms with Crippen LogP contribution in [0.25, 0.3) is 0 Å². The topological polar surface area (TPSA) is 46.2 Å². The third kappa shape index (κ3) is 4.45. The predicted octanol–water partition coefficient (Wildman–Crippen LogP) is 5.17. The normalized spacial score (nSPS) is 12.3. The van der Waals surface area contributed by atoms with Gasteiger partial charge >= 0.3 is 6.18 Å². The molecule has 0 aromatic heterocycles. The van der Waals surface area contributed by atoms with Crippen LogP contribution in [-0.4, -0.2) is 8.42 Å². The minimum Gasteiger partial charge on any atom is -0.277 e. The average Bonchev–Trinajstić information content (AvgIpc) is 2.40. The fourth-order valence-corrected chi connectivity index (χ4v) is 3.77. The fourth-order valence-electron chi connectivity index (χ4n) is 1.66. The highest BCUT2D eigenvalue weighted by atomic mass is 79.9. The van der Waals surface area contributed by atoms with Gasteiger partial charge in [0.25, 0.3) is 10.0 Å². The molecule has 0 amide bonds. The molecule has 2 aromatic carbocycles. The van der Waals surface area contributed by atoms with Gasteiger partial charge in [-0.2, -0.15) is 13.2 Å². The number of halogens is 6. The summed E-state index contributed by atoms with van der Waals surface area (Å²) in [6, 6.07) is 5.79. The Morgan fingerprint density at radius 3 is 2.17 bits per heavy atom. The lowest BCUT2D eigenvalue weighted by atomic mass is 10.2. The molecule has 2 rings (SSSR count). The van der Waals surface area contributed by atoms with E-state index in [2.05, 4.69) is 31.9 Å². The molecule has 10 heteroatoms. The molecule has 0 saturated heterocycles. The van der Waals surface area contributed by atoms with Gasteiger partial charge in [-0.15, -0.1) is 0 Å². The SMILES string of the molecule is O=S(=O)(Nc1ccc(Br)cc1F)c1cc(Br)cc(C(F)(F)F)c1. The molecule has 0 bridgehead atoms. The van der Waals surface area contributed by atoms with Gasteiger partial charge in [-0.05, 0) is 36.4 Å². The van der Waals surface area contributed by atoms with Gasteiger partial charge in [0.1, 0.15) is 5.82 Å². The molecule has 0 aliphatic carbocycles. The minimum absolute atomic E-state index is 0.0658. The molecule has 3 nitrogen and oxygen atoms in total. The first kappa shape index (κ1) is 18.2. The molecular formula is C13H7Br2F4NO2S. The van der Waals surface area contributed by atoms with Crippen LogP contribution in [-0.2, 0) is 16.2 Å². The molecule has 0 aliphatic heterocycles. The minimum atomic E-state index is -4.71. The maximum atomic E-state index is 13.7. The van der Waals surface area contributed by atoms with Crippen molar-refractivity contribution in [3.05, 3.63) is 56.7 Å². The highest BCUT2D eigenvalue weighted by Gasteiger charge is 2.32. The number of sulfonamides is 1. The molecule has 0 spiro atoms. The molecule has 2 aromatic rings. The number of hydrogen-bond donors (Lipinski definition) is 1. The molecular weight excluding hydrogens is 470 g/mol. The summed E-state index contributed by atoms with van der Waals surface area (Å²) in [7, 11) is -4.39. The van der Waals surface area contributed by atoms with Crippen LogP contribution in [0.15, 0.2) is 50.2 Å². The zero-order valence-corrected chi connectivity index (χ0v) is 14.9. The Morgan fingerprint density at radius 1 is 0.957 bits per heavy atom. The molecule has 0 atom stereocenters. The maximum Gasteiger partial charge on any atom is 0.416 e. The van der Waals surface area contributed by atoms with Gasteiger partial charge in [0.2, 0.25) is 0 Å². The fraction of sp³-hybridized carbons (Fsp3) is 0.0769.